The van der Waals surface area contributed by atoms with E-state index in [4.69, 9.17) is 37.9 Å². The molecule has 0 aromatic heterocycles. The summed E-state index contributed by atoms with van der Waals surface area (Å²) in [6.45, 7) is 23.8. The number of ether oxygens (including phenoxy) is 8. The van der Waals surface area contributed by atoms with Gasteiger partial charge in [0, 0.05) is 23.0 Å². The molecule has 0 amide bonds. The maximum Gasteiger partial charge on any atom is 0.339 e. The monoisotopic (exact) mass is 886 g/mol. The number of fused-ring (bicyclic) bond motifs is 4. The number of benzene rings is 2. The largest absolute Gasteiger partial charge is 0.493 e. The Hall–Kier alpha value is -4.59. The first-order valence-electron chi connectivity index (χ1n) is 22.8. The van der Waals surface area contributed by atoms with Crippen LogP contribution in [0.15, 0.2) is 60.7 Å². The van der Waals surface area contributed by atoms with E-state index < -0.39 is 48.1 Å². The van der Waals surface area contributed by atoms with Crippen LogP contribution in [0.4, 0.5) is 0 Å². The topological polar surface area (TPSA) is 145 Å². The van der Waals surface area contributed by atoms with Crippen LogP contribution in [0, 0.1) is 25.7 Å². The van der Waals surface area contributed by atoms with Crippen molar-refractivity contribution < 1.29 is 57.4 Å². The summed E-state index contributed by atoms with van der Waals surface area (Å²) in [7, 11) is 0. The highest BCUT2D eigenvalue weighted by molar-refractivity contribution is 5.97. The van der Waals surface area contributed by atoms with Gasteiger partial charge in [0.25, 0.3) is 0 Å². The molecule has 4 aliphatic rings. The fourth-order valence-corrected chi connectivity index (χ4v) is 7.91. The number of rotatable bonds is 6. The maximum atomic E-state index is 13.2. The molecule has 12 nitrogen and oxygen atoms in total. The quantitative estimate of drug-likeness (QED) is 0.218. The molecule has 2 aromatic rings. The molecule has 4 aliphatic heterocycles. The summed E-state index contributed by atoms with van der Waals surface area (Å²) in [5, 5.41) is 10.8. The second kappa shape index (κ2) is 22.1. The summed E-state index contributed by atoms with van der Waals surface area (Å²) in [6, 6.07) is 7.54. The van der Waals surface area contributed by atoms with Crippen LogP contribution in [0.1, 0.15) is 138 Å². The van der Waals surface area contributed by atoms with Crippen molar-refractivity contribution in [1.29, 1.82) is 0 Å². The number of aliphatic hydroxyl groups is 1. The summed E-state index contributed by atoms with van der Waals surface area (Å²) in [4.78, 5) is 39.2. The number of aliphatic hydroxyl groups excluding tert-OH is 1. The average molecular weight is 887 g/mol. The predicted molar refractivity (Wildman–Crippen MR) is 246 cm³/mol. The third-order valence-electron chi connectivity index (χ3n) is 11.7. The summed E-state index contributed by atoms with van der Waals surface area (Å²) < 4.78 is 47.5. The lowest BCUT2D eigenvalue weighted by molar-refractivity contribution is -0.152. The molecule has 4 heterocycles. The van der Waals surface area contributed by atoms with E-state index in [-0.39, 0.29) is 35.8 Å². The Bertz CT molecular complexity index is 2080. The van der Waals surface area contributed by atoms with Crippen molar-refractivity contribution in [3.05, 3.63) is 94.1 Å². The predicted octanol–water partition coefficient (Wildman–Crippen LogP) is 9.85. The van der Waals surface area contributed by atoms with Gasteiger partial charge in [-0.2, -0.15) is 0 Å². The Morgan fingerprint density at radius 2 is 1.09 bits per heavy atom. The zero-order valence-electron chi connectivity index (χ0n) is 39.8. The van der Waals surface area contributed by atoms with Crippen LogP contribution in [-0.4, -0.2) is 90.3 Å². The van der Waals surface area contributed by atoms with Gasteiger partial charge in [0.2, 0.25) is 0 Å². The highest BCUT2D eigenvalue weighted by Crippen LogP contribution is 2.36. The van der Waals surface area contributed by atoms with Gasteiger partial charge < -0.3 is 43.0 Å². The van der Waals surface area contributed by atoms with Gasteiger partial charge in [-0.05, 0) is 110 Å². The molecule has 1 unspecified atom stereocenters. The van der Waals surface area contributed by atoms with E-state index in [9.17, 15) is 19.5 Å². The van der Waals surface area contributed by atoms with E-state index in [1.165, 1.54) is 6.08 Å². The zero-order valence-corrected chi connectivity index (χ0v) is 39.8. The minimum Gasteiger partial charge on any atom is -0.493 e. The van der Waals surface area contributed by atoms with Crippen LogP contribution < -0.4 is 9.47 Å². The summed E-state index contributed by atoms with van der Waals surface area (Å²) in [5.41, 5.74) is 4.02. The van der Waals surface area contributed by atoms with Gasteiger partial charge in [0.05, 0.1) is 36.5 Å². The number of carbonyl (C=O) groups excluding carboxylic acids is 3. The average Bonchev–Trinajstić information content (AvgIpc) is 3.73. The first-order chi connectivity index (χ1) is 30.3. The second-order valence-corrected chi connectivity index (χ2v) is 18.1. The number of aryl methyl sites for hydroxylation is 2. The number of hydrogen-bond acceptors (Lipinski definition) is 12. The van der Waals surface area contributed by atoms with Gasteiger partial charge >= 0.3 is 11.9 Å². The van der Waals surface area contributed by atoms with E-state index in [0.717, 1.165) is 24.0 Å². The minimum atomic E-state index is -0.845. The Labute approximate surface area is 379 Å². The lowest BCUT2D eigenvalue weighted by Crippen LogP contribution is -2.34. The first kappa shape index (κ1) is 50.4. The molecule has 0 bridgehead atoms. The highest BCUT2D eigenvalue weighted by Gasteiger charge is 2.45. The number of hydrogen-bond donors (Lipinski definition) is 1. The zero-order chi connectivity index (χ0) is 46.9. The molecule has 0 aliphatic carbocycles. The van der Waals surface area contributed by atoms with Gasteiger partial charge in [-0.3, -0.25) is 4.79 Å². The van der Waals surface area contributed by atoms with Crippen LogP contribution in [0.2, 0.25) is 0 Å². The highest BCUT2D eigenvalue weighted by atomic mass is 16.8. The lowest BCUT2D eigenvalue weighted by Gasteiger charge is -2.23. The molecule has 9 atom stereocenters. The van der Waals surface area contributed by atoms with Crippen LogP contribution in [0.5, 0.6) is 11.5 Å². The smallest absolute Gasteiger partial charge is 0.339 e. The summed E-state index contributed by atoms with van der Waals surface area (Å²) in [6.07, 6.45) is 13.6. The molecule has 2 fully saturated rings. The second-order valence-electron chi connectivity index (χ2n) is 18.1. The van der Waals surface area contributed by atoms with Crippen LogP contribution >= 0.6 is 0 Å². The van der Waals surface area contributed by atoms with Gasteiger partial charge in [-0.1, -0.05) is 82.4 Å². The van der Waals surface area contributed by atoms with E-state index in [2.05, 4.69) is 0 Å². The molecular formula is C52H70O12. The molecular weight excluding hydrogens is 817 g/mol. The van der Waals surface area contributed by atoms with Crippen molar-refractivity contribution in [2.24, 2.45) is 11.8 Å². The lowest BCUT2D eigenvalue weighted by atomic mass is 9.97. The number of esters is 2. The standard InChI is InChI=1S/C26H36O6.C26H34O6/c2*1-7-15-29-21-14-12-17(3)23-19(21)9-8-10-22-24(32-26(5,6)31-22)20(27)13-11-16(2)18(4)30-25(23)28/h8-9,11-14,16,18,20,22,24,27H,7,10,15H2,1-6H3;8-9,11-14,16,18,22,24H,7,10,15H2,1-6H3/b2*9-8+,13-11-/t16-,18+,20?,22+,24-;16-,18+,22+,24-/m11/s1. The number of ketones is 1. The molecule has 6 rings (SSSR count). The molecule has 350 valence electrons. The SMILES string of the molecule is CCCOc1ccc(C)c2c1/C=C/C[C@@H]1OC(C)(C)O[C@@H]1C(=O)/C=C\[C@@H](C)[C@H](C)OC2=O.CCCOc1ccc(C)c2c1/C=C/C[C@@H]1OC(C)(C)O[C@@H]1C(O)/C=C\[C@@H](C)[C@H](C)OC2=O. The third-order valence-corrected chi connectivity index (χ3v) is 11.7. The molecule has 2 saturated heterocycles. The molecule has 0 radical (unpaired) electrons. The Morgan fingerprint density at radius 3 is 1.61 bits per heavy atom. The van der Waals surface area contributed by atoms with E-state index in [1.54, 1.807) is 26.0 Å². The van der Waals surface area contributed by atoms with E-state index >= 15 is 0 Å². The van der Waals surface area contributed by atoms with Gasteiger partial charge in [0.1, 0.15) is 42.0 Å². The Kier molecular flexibility index (Phi) is 17.4. The molecule has 0 spiro atoms. The molecule has 64 heavy (non-hydrogen) atoms. The van der Waals surface area contributed by atoms with Crippen LogP contribution in [0.25, 0.3) is 12.2 Å². The summed E-state index contributed by atoms with van der Waals surface area (Å²) in [5.74, 6) is -1.54. The fraction of sp³-hybridized carbons (Fsp3) is 0.558. The first-order valence-corrected chi connectivity index (χ1v) is 22.8. The Morgan fingerprint density at radius 1 is 0.625 bits per heavy atom. The van der Waals surface area contributed by atoms with Gasteiger partial charge in [-0.25, -0.2) is 9.59 Å². The minimum absolute atomic E-state index is 0.0934. The normalized spacial score (nSPS) is 31.1. The number of carbonyl (C=O) groups is 3. The van der Waals surface area contributed by atoms with Gasteiger partial charge in [0.15, 0.2) is 17.4 Å². The van der Waals surface area contributed by atoms with E-state index in [1.807, 2.05) is 124 Å². The van der Waals surface area contributed by atoms with Gasteiger partial charge in [-0.15, -0.1) is 0 Å². The fourth-order valence-electron chi connectivity index (χ4n) is 7.91. The molecule has 0 saturated carbocycles. The number of cyclic esters (lactones) is 2. The Balaban J connectivity index is 0.000000241. The van der Waals surface area contributed by atoms with Crippen molar-refractivity contribution in [1.82, 2.24) is 0 Å². The van der Waals surface area contributed by atoms with Crippen molar-refractivity contribution >= 4 is 29.9 Å². The van der Waals surface area contributed by atoms with Crippen molar-refractivity contribution in [2.75, 3.05) is 13.2 Å². The molecule has 2 aromatic carbocycles. The van der Waals surface area contributed by atoms with Crippen molar-refractivity contribution in [3.8, 4) is 11.5 Å². The van der Waals surface area contributed by atoms with Crippen molar-refractivity contribution in [3.63, 3.8) is 0 Å². The molecule has 12 heteroatoms. The van der Waals surface area contributed by atoms with E-state index in [0.29, 0.717) is 59.8 Å². The van der Waals surface area contributed by atoms with Crippen molar-refractivity contribution in [2.45, 2.75) is 163 Å². The summed E-state index contributed by atoms with van der Waals surface area (Å²) >= 11 is 0. The van der Waals surface area contributed by atoms with Crippen LogP contribution in [0.3, 0.4) is 0 Å². The maximum absolute atomic E-state index is 13.2. The van der Waals surface area contributed by atoms with Crippen LogP contribution in [-0.2, 0) is 33.2 Å². The third kappa shape index (κ3) is 12.8. The molecule has 1 N–H and O–H groups in total.